The van der Waals surface area contributed by atoms with Crippen molar-refractivity contribution in [2.24, 2.45) is 5.92 Å². The van der Waals surface area contributed by atoms with Gasteiger partial charge in [-0.25, -0.2) is 14.5 Å². The number of nitrogens with one attached hydrogen (secondary N) is 2. The average Bonchev–Trinajstić information content (AvgIpc) is 3.00. The van der Waals surface area contributed by atoms with Gasteiger partial charge in [0.15, 0.2) is 0 Å². The maximum absolute atomic E-state index is 13.7. The molecule has 1 aliphatic rings. The van der Waals surface area contributed by atoms with Crippen molar-refractivity contribution in [1.29, 1.82) is 5.26 Å². The number of benzene rings is 2. The number of H-pyrrole nitrogens is 1. The third-order valence-corrected chi connectivity index (χ3v) is 7.29. The van der Waals surface area contributed by atoms with E-state index in [4.69, 9.17) is 14.2 Å². The highest BCUT2D eigenvalue weighted by Crippen LogP contribution is 2.28. The molecule has 1 fully saturated rings. The lowest BCUT2D eigenvalue weighted by atomic mass is 9.94. The van der Waals surface area contributed by atoms with Crippen LogP contribution < -0.4 is 15.8 Å². The SMILES string of the molecule is CC(C)(C)OC(=O)N(Cc1cc(NC(=O)[C@H](CC(=O)O)[C@H]2OCCN(c3ccc4[nH]c(=O)ccc4c3)C2=O)ccc1C#N)C(=O)OC(C)(C)C. The van der Waals surface area contributed by atoms with Crippen LogP contribution in [0, 0.1) is 17.2 Å². The van der Waals surface area contributed by atoms with Crippen molar-refractivity contribution in [2.45, 2.75) is 71.8 Å². The van der Waals surface area contributed by atoms with Crippen LogP contribution in [-0.4, -0.2) is 75.4 Å². The first-order valence-electron chi connectivity index (χ1n) is 15.7. The largest absolute Gasteiger partial charge is 0.481 e. The molecule has 2 atom stereocenters. The minimum Gasteiger partial charge on any atom is -0.481 e. The molecule has 1 aromatic heterocycles. The van der Waals surface area contributed by atoms with Crippen LogP contribution in [0.15, 0.2) is 53.3 Å². The van der Waals surface area contributed by atoms with Gasteiger partial charge in [-0.05, 0) is 89.6 Å². The molecule has 1 aliphatic heterocycles. The van der Waals surface area contributed by atoms with Gasteiger partial charge in [0.05, 0.1) is 37.1 Å². The van der Waals surface area contributed by atoms with Gasteiger partial charge in [0.25, 0.3) is 5.91 Å². The summed E-state index contributed by atoms with van der Waals surface area (Å²) in [5, 5.41) is 22.8. The number of nitriles is 1. The van der Waals surface area contributed by atoms with E-state index in [0.717, 1.165) is 0 Å². The highest BCUT2D eigenvalue weighted by Gasteiger charge is 2.41. The van der Waals surface area contributed by atoms with Crippen LogP contribution in [0.2, 0.25) is 0 Å². The van der Waals surface area contributed by atoms with Crippen LogP contribution >= 0.6 is 0 Å². The Balaban J connectivity index is 1.61. The van der Waals surface area contributed by atoms with Crippen molar-refractivity contribution in [1.82, 2.24) is 9.88 Å². The summed E-state index contributed by atoms with van der Waals surface area (Å²) in [5.41, 5.74) is -0.879. The van der Waals surface area contributed by atoms with Gasteiger partial charge in [0.1, 0.15) is 17.3 Å². The van der Waals surface area contributed by atoms with E-state index in [1.807, 2.05) is 6.07 Å². The Bertz CT molecular complexity index is 1890. The third kappa shape index (κ3) is 9.44. The fraction of sp³-hybridized carbons (Fsp3) is 0.400. The Morgan fingerprint density at radius 1 is 1.02 bits per heavy atom. The van der Waals surface area contributed by atoms with Crippen LogP contribution in [0.3, 0.4) is 0 Å². The number of hydrogen-bond donors (Lipinski definition) is 3. The monoisotopic (exact) mass is 689 g/mol. The van der Waals surface area contributed by atoms with Gasteiger partial charge in [-0.15, -0.1) is 0 Å². The fourth-order valence-corrected chi connectivity index (χ4v) is 5.14. The molecule has 2 aromatic carbocycles. The number of morpholine rings is 1. The summed E-state index contributed by atoms with van der Waals surface area (Å²) in [7, 11) is 0. The summed E-state index contributed by atoms with van der Waals surface area (Å²) in [6.07, 6.45) is -4.25. The summed E-state index contributed by atoms with van der Waals surface area (Å²) in [6.45, 7) is 9.39. The van der Waals surface area contributed by atoms with E-state index < -0.39 is 66.2 Å². The molecule has 15 heteroatoms. The molecule has 264 valence electrons. The van der Waals surface area contributed by atoms with Crippen LogP contribution in [0.5, 0.6) is 0 Å². The molecule has 3 aromatic rings. The number of carboxylic acids is 1. The number of aliphatic carboxylic acids is 1. The Morgan fingerprint density at radius 3 is 2.28 bits per heavy atom. The normalized spacial score (nSPS) is 15.5. The minimum absolute atomic E-state index is 0.00957. The molecule has 3 N–H and O–H groups in total. The number of rotatable bonds is 8. The zero-order valence-electron chi connectivity index (χ0n) is 28.6. The predicted molar refractivity (Wildman–Crippen MR) is 180 cm³/mol. The van der Waals surface area contributed by atoms with Crippen molar-refractivity contribution in [2.75, 3.05) is 23.4 Å². The topological polar surface area (TPSA) is 208 Å². The molecular weight excluding hydrogens is 650 g/mol. The second-order valence-corrected chi connectivity index (χ2v) is 13.6. The number of anilines is 2. The van der Waals surface area contributed by atoms with Crippen LogP contribution in [0.4, 0.5) is 21.0 Å². The van der Waals surface area contributed by atoms with E-state index >= 15 is 0 Å². The van der Waals surface area contributed by atoms with Crippen molar-refractivity contribution in [3.8, 4) is 6.07 Å². The summed E-state index contributed by atoms with van der Waals surface area (Å²) < 4.78 is 16.5. The van der Waals surface area contributed by atoms with E-state index in [0.29, 0.717) is 21.5 Å². The molecule has 0 spiro atoms. The highest BCUT2D eigenvalue weighted by atomic mass is 16.6. The summed E-state index contributed by atoms with van der Waals surface area (Å²) in [5.74, 6) is -4.30. The number of amides is 4. The zero-order valence-corrected chi connectivity index (χ0v) is 28.6. The third-order valence-electron chi connectivity index (χ3n) is 7.29. The second kappa shape index (κ2) is 14.8. The van der Waals surface area contributed by atoms with Gasteiger partial charge < -0.3 is 34.5 Å². The number of carbonyl (C=O) groups excluding carboxylic acids is 4. The standard InChI is InChI=1S/C35H39N5O10/c1-34(2,3)49-32(46)40(33(47)50-35(4,5)6)19-22-15-23(9-7-21(22)18-36)37-30(44)25(17-28(42)43)29-31(45)39(13-14-48-29)24-10-11-26-20(16-24)8-12-27(41)38-26/h7-12,15-16,25,29H,13-14,17,19H2,1-6H3,(H,37,44)(H,38,41)(H,42,43)/t25-,29-/m1/s1. The molecule has 4 rings (SSSR count). The number of pyridine rings is 1. The summed E-state index contributed by atoms with van der Waals surface area (Å²) in [4.78, 5) is 82.0. The number of carboxylic acid groups (broad SMARTS) is 1. The van der Waals surface area contributed by atoms with Gasteiger partial charge in [0, 0.05) is 34.9 Å². The molecule has 2 heterocycles. The van der Waals surface area contributed by atoms with Gasteiger partial charge in [0.2, 0.25) is 11.5 Å². The molecule has 4 amide bonds. The number of hydrogen-bond acceptors (Lipinski definition) is 10. The molecule has 0 saturated carbocycles. The quantitative estimate of drug-likeness (QED) is 0.299. The first-order valence-corrected chi connectivity index (χ1v) is 15.7. The van der Waals surface area contributed by atoms with Gasteiger partial charge in [-0.1, -0.05) is 0 Å². The summed E-state index contributed by atoms with van der Waals surface area (Å²) >= 11 is 0. The Hall–Kier alpha value is -5.75. The Kier molecular flexibility index (Phi) is 11.0. The molecule has 1 saturated heterocycles. The zero-order chi connectivity index (χ0) is 37.0. The number of fused-ring (bicyclic) bond motifs is 1. The molecule has 50 heavy (non-hydrogen) atoms. The number of aromatic nitrogens is 1. The lowest BCUT2D eigenvalue weighted by Crippen LogP contribution is -2.53. The highest BCUT2D eigenvalue weighted by molar-refractivity contribution is 6.04. The van der Waals surface area contributed by atoms with Crippen LogP contribution in [0.25, 0.3) is 10.9 Å². The number of nitrogens with zero attached hydrogens (tertiary/aromatic N) is 3. The van der Waals surface area contributed by atoms with Gasteiger partial charge >= 0.3 is 18.2 Å². The number of aromatic amines is 1. The average molecular weight is 690 g/mol. The number of ether oxygens (including phenoxy) is 3. The Morgan fingerprint density at radius 2 is 1.68 bits per heavy atom. The molecule has 0 aliphatic carbocycles. The van der Waals surface area contributed by atoms with Crippen molar-refractivity contribution in [3.05, 3.63) is 70.0 Å². The van der Waals surface area contributed by atoms with Crippen LogP contribution in [0.1, 0.15) is 59.1 Å². The first-order chi connectivity index (χ1) is 23.3. The first kappa shape index (κ1) is 37.1. The van der Waals surface area contributed by atoms with E-state index in [-0.39, 0.29) is 35.5 Å². The van der Waals surface area contributed by atoms with Gasteiger partial charge in [-0.2, -0.15) is 5.26 Å². The molecular formula is C35H39N5O10. The van der Waals surface area contributed by atoms with E-state index in [1.54, 1.807) is 65.8 Å². The fourth-order valence-electron chi connectivity index (χ4n) is 5.14. The number of carbonyl (C=O) groups is 5. The van der Waals surface area contributed by atoms with Crippen molar-refractivity contribution < 1.29 is 43.3 Å². The molecule has 0 bridgehead atoms. The molecule has 0 radical (unpaired) electrons. The Labute approximate surface area is 287 Å². The predicted octanol–water partition coefficient (Wildman–Crippen LogP) is 4.53. The maximum atomic E-state index is 13.7. The minimum atomic E-state index is -1.47. The second-order valence-electron chi connectivity index (χ2n) is 13.6. The lowest BCUT2D eigenvalue weighted by Gasteiger charge is -2.35. The van der Waals surface area contributed by atoms with Gasteiger partial charge in [-0.3, -0.25) is 19.2 Å². The van der Waals surface area contributed by atoms with E-state index in [2.05, 4.69) is 10.3 Å². The van der Waals surface area contributed by atoms with E-state index in [9.17, 15) is 39.1 Å². The summed E-state index contributed by atoms with van der Waals surface area (Å²) in [6, 6.07) is 14.0. The molecule has 0 unspecified atom stereocenters. The molecule has 15 nitrogen and oxygen atoms in total. The number of imide groups is 1. The van der Waals surface area contributed by atoms with Crippen molar-refractivity contribution in [3.63, 3.8) is 0 Å². The lowest BCUT2D eigenvalue weighted by molar-refractivity contribution is -0.149. The van der Waals surface area contributed by atoms with Crippen molar-refractivity contribution >= 4 is 52.2 Å². The smallest absolute Gasteiger partial charge is 0.420 e. The van der Waals surface area contributed by atoms with Crippen LogP contribution in [-0.2, 0) is 35.1 Å². The maximum Gasteiger partial charge on any atom is 0.420 e. The van der Waals surface area contributed by atoms with E-state index in [1.165, 1.54) is 29.2 Å².